The van der Waals surface area contributed by atoms with Gasteiger partial charge in [0.2, 0.25) is 0 Å². The molecule has 0 fully saturated rings. The Hall–Kier alpha value is -1.65. The molecular formula is C16H23N3O. The van der Waals surface area contributed by atoms with Gasteiger partial charge in [-0.2, -0.15) is 0 Å². The van der Waals surface area contributed by atoms with Crippen molar-refractivity contribution in [2.45, 2.75) is 33.5 Å². The van der Waals surface area contributed by atoms with Crippen molar-refractivity contribution in [3.63, 3.8) is 0 Å². The van der Waals surface area contributed by atoms with Gasteiger partial charge >= 0.3 is 0 Å². The standard InChI is InChI=1S/C16H23N3O/c1-4-19(11-14-5-7-18-8-6-14)12-16-9-15(10-17-3)13(2)20-16/h5-9,17H,4,10-12H2,1-3H3. The van der Waals surface area contributed by atoms with Gasteiger partial charge in [0, 0.05) is 31.0 Å². The third-order valence-electron chi connectivity index (χ3n) is 3.42. The van der Waals surface area contributed by atoms with E-state index < -0.39 is 0 Å². The summed E-state index contributed by atoms with van der Waals surface area (Å²) >= 11 is 0. The van der Waals surface area contributed by atoms with Crippen LogP contribution < -0.4 is 5.32 Å². The summed E-state index contributed by atoms with van der Waals surface area (Å²) in [5, 5.41) is 3.16. The first-order chi connectivity index (χ1) is 9.72. The SMILES string of the molecule is CCN(Cc1ccncc1)Cc1cc(CNC)c(C)o1. The second-order valence-corrected chi connectivity index (χ2v) is 4.98. The van der Waals surface area contributed by atoms with E-state index in [0.717, 1.165) is 37.7 Å². The fourth-order valence-corrected chi connectivity index (χ4v) is 2.28. The number of hydrogen-bond donors (Lipinski definition) is 1. The van der Waals surface area contributed by atoms with Crippen molar-refractivity contribution in [2.24, 2.45) is 0 Å². The van der Waals surface area contributed by atoms with Gasteiger partial charge in [0.25, 0.3) is 0 Å². The molecule has 0 saturated carbocycles. The van der Waals surface area contributed by atoms with Crippen LogP contribution in [-0.4, -0.2) is 23.5 Å². The average molecular weight is 273 g/mol. The van der Waals surface area contributed by atoms with Gasteiger partial charge in [-0.25, -0.2) is 0 Å². The van der Waals surface area contributed by atoms with Crippen LogP contribution in [-0.2, 0) is 19.6 Å². The maximum atomic E-state index is 5.84. The number of aromatic nitrogens is 1. The van der Waals surface area contributed by atoms with E-state index in [1.54, 1.807) is 0 Å². The van der Waals surface area contributed by atoms with Crippen LogP contribution in [0.4, 0.5) is 0 Å². The number of furan rings is 1. The number of pyridine rings is 1. The van der Waals surface area contributed by atoms with Gasteiger partial charge in [-0.15, -0.1) is 0 Å². The Balaban J connectivity index is 2.01. The Morgan fingerprint density at radius 1 is 1.25 bits per heavy atom. The van der Waals surface area contributed by atoms with Crippen LogP contribution in [0.15, 0.2) is 35.0 Å². The Kier molecular flexibility index (Phi) is 5.32. The normalized spacial score (nSPS) is 11.2. The quantitative estimate of drug-likeness (QED) is 0.842. The summed E-state index contributed by atoms with van der Waals surface area (Å²) in [6.07, 6.45) is 3.68. The Morgan fingerprint density at radius 2 is 2.00 bits per heavy atom. The fourth-order valence-electron chi connectivity index (χ4n) is 2.28. The Labute approximate surface area is 120 Å². The number of aryl methyl sites for hydroxylation is 1. The molecule has 108 valence electrons. The molecule has 0 unspecified atom stereocenters. The van der Waals surface area contributed by atoms with Gasteiger partial charge in [0.15, 0.2) is 0 Å². The minimum Gasteiger partial charge on any atom is -0.465 e. The maximum Gasteiger partial charge on any atom is 0.118 e. The van der Waals surface area contributed by atoms with Gasteiger partial charge in [-0.3, -0.25) is 9.88 Å². The molecule has 0 aliphatic heterocycles. The lowest BCUT2D eigenvalue weighted by Gasteiger charge is -2.18. The average Bonchev–Trinajstić information content (AvgIpc) is 2.80. The van der Waals surface area contributed by atoms with Crippen molar-refractivity contribution >= 4 is 0 Å². The van der Waals surface area contributed by atoms with E-state index in [2.05, 4.69) is 40.3 Å². The van der Waals surface area contributed by atoms with Gasteiger partial charge < -0.3 is 9.73 Å². The van der Waals surface area contributed by atoms with Crippen LogP contribution in [0.25, 0.3) is 0 Å². The van der Waals surface area contributed by atoms with Crippen LogP contribution >= 0.6 is 0 Å². The molecule has 0 amide bonds. The van der Waals surface area contributed by atoms with Crippen LogP contribution in [0.3, 0.4) is 0 Å². The van der Waals surface area contributed by atoms with Gasteiger partial charge in [-0.1, -0.05) is 6.92 Å². The van der Waals surface area contributed by atoms with Crippen molar-refractivity contribution in [3.05, 3.63) is 53.2 Å². The molecule has 0 aliphatic rings. The first-order valence-electron chi connectivity index (χ1n) is 7.07. The summed E-state index contributed by atoms with van der Waals surface area (Å²) in [5.41, 5.74) is 2.52. The fraction of sp³-hybridized carbons (Fsp3) is 0.438. The number of nitrogens with zero attached hydrogens (tertiary/aromatic N) is 2. The van der Waals surface area contributed by atoms with Gasteiger partial charge in [-0.05, 0) is 44.3 Å². The first-order valence-corrected chi connectivity index (χ1v) is 7.07. The molecule has 0 atom stereocenters. The topological polar surface area (TPSA) is 41.3 Å². The minimum absolute atomic E-state index is 0.837. The minimum atomic E-state index is 0.837. The maximum absolute atomic E-state index is 5.84. The highest BCUT2D eigenvalue weighted by atomic mass is 16.3. The smallest absolute Gasteiger partial charge is 0.118 e. The second-order valence-electron chi connectivity index (χ2n) is 4.98. The van der Waals surface area contributed by atoms with Crippen LogP contribution in [0, 0.1) is 6.92 Å². The predicted molar refractivity (Wildman–Crippen MR) is 80.2 cm³/mol. The van der Waals surface area contributed by atoms with Crippen LogP contribution in [0.2, 0.25) is 0 Å². The van der Waals surface area contributed by atoms with E-state index in [1.807, 2.05) is 26.4 Å². The molecule has 1 N–H and O–H groups in total. The molecule has 4 nitrogen and oxygen atoms in total. The zero-order valence-corrected chi connectivity index (χ0v) is 12.5. The monoisotopic (exact) mass is 273 g/mol. The lowest BCUT2D eigenvalue weighted by Crippen LogP contribution is -2.22. The summed E-state index contributed by atoms with van der Waals surface area (Å²) in [5.74, 6) is 2.04. The summed E-state index contributed by atoms with van der Waals surface area (Å²) in [4.78, 5) is 6.41. The van der Waals surface area contributed by atoms with Gasteiger partial charge in [0.1, 0.15) is 11.5 Å². The van der Waals surface area contributed by atoms with Crippen LogP contribution in [0.5, 0.6) is 0 Å². The molecule has 2 aromatic rings. The predicted octanol–water partition coefficient (Wildman–Crippen LogP) is 2.72. The summed E-state index contributed by atoms with van der Waals surface area (Å²) < 4.78 is 5.84. The molecule has 20 heavy (non-hydrogen) atoms. The molecule has 0 aromatic carbocycles. The Morgan fingerprint density at radius 3 is 2.65 bits per heavy atom. The van der Waals surface area contributed by atoms with Crippen molar-refractivity contribution in [1.29, 1.82) is 0 Å². The van der Waals surface area contributed by atoms with Crippen molar-refractivity contribution in [1.82, 2.24) is 15.2 Å². The van der Waals surface area contributed by atoms with E-state index in [9.17, 15) is 0 Å². The molecule has 0 bridgehead atoms. The lowest BCUT2D eigenvalue weighted by atomic mass is 10.2. The third-order valence-corrected chi connectivity index (χ3v) is 3.42. The number of nitrogens with one attached hydrogen (secondary N) is 1. The highest BCUT2D eigenvalue weighted by Crippen LogP contribution is 2.17. The molecule has 0 saturated heterocycles. The summed E-state index contributed by atoms with van der Waals surface area (Å²) in [7, 11) is 1.95. The molecule has 2 heterocycles. The van der Waals surface area contributed by atoms with E-state index in [0.29, 0.717) is 0 Å². The largest absolute Gasteiger partial charge is 0.465 e. The zero-order chi connectivity index (χ0) is 14.4. The number of rotatable bonds is 7. The molecular weight excluding hydrogens is 250 g/mol. The van der Waals surface area contributed by atoms with Crippen molar-refractivity contribution in [3.8, 4) is 0 Å². The Bertz CT molecular complexity index is 522. The number of hydrogen-bond acceptors (Lipinski definition) is 4. The van der Waals surface area contributed by atoms with Crippen molar-refractivity contribution in [2.75, 3.05) is 13.6 Å². The molecule has 4 heteroatoms. The molecule has 2 aromatic heterocycles. The summed E-state index contributed by atoms with van der Waals surface area (Å²) in [6, 6.07) is 6.27. The molecule has 2 rings (SSSR count). The molecule has 0 spiro atoms. The van der Waals surface area contributed by atoms with E-state index in [4.69, 9.17) is 4.42 Å². The van der Waals surface area contributed by atoms with Crippen LogP contribution in [0.1, 0.15) is 29.6 Å². The highest BCUT2D eigenvalue weighted by molar-refractivity contribution is 5.20. The molecule has 0 aliphatic carbocycles. The summed E-state index contributed by atoms with van der Waals surface area (Å²) in [6.45, 7) is 7.79. The first kappa shape index (κ1) is 14.8. The van der Waals surface area contributed by atoms with Gasteiger partial charge in [0.05, 0.1) is 6.54 Å². The highest BCUT2D eigenvalue weighted by Gasteiger charge is 2.11. The molecule has 0 radical (unpaired) electrons. The second kappa shape index (κ2) is 7.22. The van der Waals surface area contributed by atoms with Crippen molar-refractivity contribution < 1.29 is 4.42 Å². The third kappa shape index (κ3) is 3.92. The van der Waals surface area contributed by atoms with E-state index in [1.165, 1.54) is 11.1 Å². The lowest BCUT2D eigenvalue weighted by molar-refractivity contribution is 0.246. The van der Waals surface area contributed by atoms with E-state index >= 15 is 0 Å². The van der Waals surface area contributed by atoms with E-state index in [-0.39, 0.29) is 0 Å². The zero-order valence-electron chi connectivity index (χ0n) is 12.5.